The number of nitrogens with two attached hydrogens (primary N) is 1. The van der Waals surface area contributed by atoms with Gasteiger partial charge >= 0.3 is 5.69 Å². The summed E-state index contributed by atoms with van der Waals surface area (Å²) in [6.07, 6.45) is 0. The van der Waals surface area contributed by atoms with Gasteiger partial charge in [-0.15, -0.1) is 0 Å². The summed E-state index contributed by atoms with van der Waals surface area (Å²) in [5, 5.41) is 11.2. The SMILES string of the molecule is CC(C)CN(c1cccc(N)c1[N+](=O)[O-])C(C)C. The molecule has 1 rings (SSSR count). The summed E-state index contributed by atoms with van der Waals surface area (Å²) in [5.41, 5.74) is 6.54. The van der Waals surface area contributed by atoms with Crippen molar-refractivity contribution < 1.29 is 4.92 Å². The molecule has 5 heteroatoms. The molecule has 100 valence electrons. The first-order valence-electron chi connectivity index (χ1n) is 6.14. The summed E-state index contributed by atoms with van der Waals surface area (Å²) in [4.78, 5) is 12.8. The smallest absolute Gasteiger partial charge is 0.315 e. The van der Waals surface area contributed by atoms with Gasteiger partial charge in [-0.25, -0.2) is 0 Å². The number of rotatable bonds is 5. The highest BCUT2D eigenvalue weighted by Gasteiger charge is 2.24. The lowest BCUT2D eigenvalue weighted by atomic mass is 10.1. The highest BCUT2D eigenvalue weighted by atomic mass is 16.6. The third-order valence-electron chi connectivity index (χ3n) is 2.72. The lowest BCUT2D eigenvalue weighted by Crippen LogP contribution is -2.34. The van der Waals surface area contributed by atoms with E-state index >= 15 is 0 Å². The van der Waals surface area contributed by atoms with Crippen LogP contribution in [-0.4, -0.2) is 17.5 Å². The predicted octanol–water partition coefficient (Wildman–Crippen LogP) is 3.05. The Morgan fingerprint density at radius 1 is 1.33 bits per heavy atom. The molecular formula is C13H21N3O2. The maximum atomic E-state index is 11.2. The number of nitro benzene ring substituents is 1. The van der Waals surface area contributed by atoms with E-state index in [0.717, 1.165) is 6.54 Å². The zero-order valence-electron chi connectivity index (χ0n) is 11.4. The molecule has 0 amide bonds. The normalized spacial score (nSPS) is 11.0. The summed E-state index contributed by atoms with van der Waals surface area (Å²) >= 11 is 0. The molecule has 0 aliphatic carbocycles. The molecule has 0 fully saturated rings. The summed E-state index contributed by atoms with van der Waals surface area (Å²) < 4.78 is 0. The minimum absolute atomic E-state index is 0.00634. The Hall–Kier alpha value is -1.78. The van der Waals surface area contributed by atoms with Crippen LogP contribution in [0.5, 0.6) is 0 Å². The molecule has 0 aromatic heterocycles. The Morgan fingerprint density at radius 2 is 1.94 bits per heavy atom. The lowest BCUT2D eigenvalue weighted by Gasteiger charge is -2.30. The van der Waals surface area contributed by atoms with Crippen LogP contribution >= 0.6 is 0 Å². The molecule has 0 radical (unpaired) electrons. The molecule has 0 atom stereocenters. The number of para-hydroxylation sites is 1. The van der Waals surface area contributed by atoms with E-state index in [0.29, 0.717) is 11.6 Å². The summed E-state index contributed by atoms with van der Waals surface area (Å²) in [5.74, 6) is 0.424. The second kappa shape index (κ2) is 5.71. The van der Waals surface area contributed by atoms with Crippen LogP contribution in [0.4, 0.5) is 17.1 Å². The van der Waals surface area contributed by atoms with Crippen LogP contribution in [0.25, 0.3) is 0 Å². The van der Waals surface area contributed by atoms with Crippen molar-refractivity contribution in [1.29, 1.82) is 0 Å². The highest BCUT2D eigenvalue weighted by Crippen LogP contribution is 2.34. The standard InChI is InChI=1S/C13H21N3O2/c1-9(2)8-15(10(3)4)12-7-5-6-11(14)13(12)16(17)18/h5-7,9-10H,8,14H2,1-4H3. The Balaban J connectivity index is 3.27. The Morgan fingerprint density at radius 3 is 2.39 bits per heavy atom. The second-order valence-corrected chi connectivity index (χ2v) is 5.11. The number of hydrogen-bond acceptors (Lipinski definition) is 4. The van der Waals surface area contributed by atoms with Gasteiger partial charge < -0.3 is 10.6 Å². The fourth-order valence-corrected chi connectivity index (χ4v) is 1.96. The first-order chi connectivity index (χ1) is 8.34. The molecule has 0 heterocycles. The van der Waals surface area contributed by atoms with Crippen molar-refractivity contribution >= 4 is 17.1 Å². The van der Waals surface area contributed by atoms with Gasteiger partial charge in [0.15, 0.2) is 0 Å². The molecule has 0 bridgehead atoms. The first-order valence-corrected chi connectivity index (χ1v) is 6.14. The van der Waals surface area contributed by atoms with Crippen molar-refractivity contribution in [1.82, 2.24) is 0 Å². The number of nitro groups is 1. The van der Waals surface area contributed by atoms with Crippen molar-refractivity contribution in [2.45, 2.75) is 33.7 Å². The molecule has 18 heavy (non-hydrogen) atoms. The molecule has 0 saturated carbocycles. The molecular weight excluding hydrogens is 230 g/mol. The summed E-state index contributed by atoms with van der Waals surface area (Å²) in [7, 11) is 0. The molecule has 0 unspecified atom stereocenters. The van der Waals surface area contributed by atoms with E-state index < -0.39 is 4.92 Å². The maximum Gasteiger partial charge on any atom is 0.315 e. The fraction of sp³-hybridized carbons (Fsp3) is 0.538. The van der Waals surface area contributed by atoms with E-state index in [1.807, 2.05) is 18.7 Å². The van der Waals surface area contributed by atoms with Crippen LogP contribution in [0.1, 0.15) is 27.7 Å². The van der Waals surface area contributed by atoms with E-state index in [9.17, 15) is 10.1 Å². The topological polar surface area (TPSA) is 72.4 Å². The average Bonchev–Trinajstić information content (AvgIpc) is 2.24. The van der Waals surface area contributed by atoms with Gasteiger partial charge in [0.2, 0.25) is 0 Å². The molecule has 0 aliphatic rings. The van der Waals surface area contributed by atoms with E-state index in [2.05, 4.69) is 13.8 Å². The first kappa shape index (κ1) is 14.3. The Bertz CT molecular complexity index is 430. The average molecular weight is 251 g/mol. The minimum atomic E-state index is -0.402. The zero-order chi connectivity index (χ0) is 13.9. The van der Waals surface area contributed by atoms with Gasteiger partial charge in [0, 0.05) is 12.6 Å². The van der Waals surface area contributed by atoms with Gasteiger partial charge in [0.05, 0.1) is 4.92 Å². The van der Waals surface area contributed by atoms with Crippen LogP contribution in [0, 0.1) is 16.0 Å². The van der Waals surface area contributed by atoms with E-state index in [-0.39, 0.29) is 17.4 Å². The Kier molecular flexibility index (Phi) is 4.53. The minimum Gasteiger partial charge on any atom is -0.393 e. The second-order valence-electron chi connectivity index (χ2n) is 5.11. The van der Waals surface area contributed by atoms with E-state index in [1.165, 1.54) is 0 Å². The predicted molar refractivity (Wildman–Crippen MR) is 74.8 cm³/mol. The van der Waals surface area contributed by atoms with Gasteiger partial charge in [0.1, 0.15) is 11.4 Å². The van der Waals surface area contributed by atoms with Gasteiger partial charge in [0.25, 0.3) is 0 Å². The van der Waals surface area contributed by atoms with Gasteiger partial charge in [-0.05, 0) is 31.9 Å². The number of nitrogens with zero attached hydrogens (tertiary/aromatic N) is 2. The summed E-state index contributed by atoms with van der Waals surface area (Å²) in [6.45, 7) is 8.99. The van der Waals surface area contributed by atoms with Crippen molar-refractivity contribution in [2.24, 2.45) is 5.92 Å². The molecule has 2 N–H and O–H groups in total. The third kappa shape index (κ3) is 3.12. The monoisotopic (exact) mass is 251 g/mol. The quantitative estimate of drug-likeness (QED) is 0.496. The van der Waals surface area contributed by atoms with Crippen LogP contribution in [0.3, 0.4) is 0 Å². The van der Waals surface area contributed by atoms with Crippen LogP contribution in [-0.2, 0) is 0 Å². The number of benzene rings is 1. The third-order valence-corrected chi connectivity index (χ3v) is 2.72. The van der Waals surface area contributed by atoms with Crippen molar-refractivity contribution in [3.63, 3.8) is 0 Å². The van der Waals surface area contributed by atoms with Crippen LogP contribution in [0.2, 0.25) is 0 Å². The van der Waals surface area contributed by atoms with Crippen molar-refractivity contribution in [3.8, 4) is 0 Å². The van der Waals surface area contributed by atoms with Gasteiger partial charge in [-0.1, -0.05) is 19.9 Å². The summed E-state index contributed by atoms with van der Waals surface area (Å²) in [6, 6.07) is 5.27. The van der Waals surface area contributed by atoms with E-state index in [4.69, 9.17) is 5.73 Å². The number of hydrogen-bond donors (Lipinski definition) is 1. The largest absolute Gasteiger partial charge is 0.393 e. The molecule has 0 aliphatic heterocycles. The van der Waals surface area contributed by atoms with E-state index in [1.54, 1.807) is 18.2 Å². The zero-order valence-corrected chi connectivity index (χ0v) is 11.4. The Labute approximate surface area is 108 Å². The molecule has 0 spiro atoms. The van der Waals surface area contributed by atoms with Crippen LogP contribution < -0.4 is 10.6 Å². The van der Waals surface area contributed by atoms with Gasteiger partial charge in [-0.3, -0.25) is 10.1 Å². The maximum absolute atomic E-state index is 11.2. The number of nitrogen functional groups attached to an aromatic ring is 1. The van der Waals surface area contributed by atoms with Crippen molar-refractivity contribution in [2.75, 3.05) is 17.2 Å². The molecule has 1 aromatic carbocycles. The van der Waals surface area contributed by atoms with Crippen LogP contribution in [0.15, 0.2) is 18.2 Å². The lowest BCUT2D eigenvalue weighted by molar-refractivity contribution is -0.383. The fourth-order valence-electron chi connectivity index (χ4n) is 1.96. The van der Waals surface area contributed by atoms with Gasteiger partial charge in [-0.2, -0.15) is 0 Å². The highest BCUT2D eigenvalue weighted by molar-refractivity contribution is 5.75. The van der Waals surface area contributed by atoms with Crippen molar-refractivity contribution in [3.05, 3.63) is 28.3 Å². The molecule has 0 saturated heterocycles. The molecule has 1 aromatic rings. The number of anilines is 2. The molecule has 5 nitrogen and oxygen atoms in total.